The number of aromatic amines is 1. The number of nitrogens with one attached hydrogen (secondary N) is 1. The van der Waals surface area contributed by atoms with Crippen molar-refractivity contribution in [2.24, 2.45) is 5.92 Å². The highest BCUT2D eigenvalue weighted by Gasteiger charge is 2.16. The Morgan fingerprint density at radius 2 is 2.00 bits per heavy atom. The molecule has 2 aromatic heterocycles. The molecule has 102 valence electrons. The summed E-state index contributed by atoms with van der Waals surface area (Å²) in [6.07, 6.45) is 5.83. The van der Waals surface area contributed by atoms with Gasteiger partial charge < -0.3 is 0 Å². The van der Waals surface area contributed by atoms with Crippen LogP contribution in [0.5, 0.6) is 0 Å². The van der Waals surface area contributed by atoms with E-state index in [1.165, 1.54) is 6.42 Å². The second-order valence-corrected chi connectivity index (χ2v) is 5.44. The fourth-order valence-electron chi connectivity index (χ4n) is 2.27. The number of aromatic nitrogens is 4. The summed E-state index contributed by atoms with van der Waals surface area (Å²) < 4.78 is 2.79. The highest BCUT2D eigenvalue weighted by Crippen LogP contribution is 2.25. The minimum absolute atomic E-state index is 0.337. The molecule has 2 rings (SSSR count). The van der Waals surface area contributed by atoms with Crippen LogP contribution in [-0.2, 0) is 0 Å². The monoisotopic (exact) mass is 276 g/mol. The van der Waals surface area contributed by atoms with Crippen molar-refractivity contribution in [1.82, 2.24) is 19.7 Å². The predicted molar refractivity (Wildman–Crippen MR) is 79.4 cm³/mol. The van der Waals surface area contributed by atoms with Crippen molar-refractivity contribution in [2.45, 2.75) is 39.7 Å². The molecular weight excluding hydrogens is 256 g/mol. The third kappa shape index (κ3) is 3.10. The molecule has 0 fully saturated rings. The first-order valence-electron chi connectivity index (χ1n) is 6.70. The number of H-pyrrole nitrogens is 1. The Bertz CT molecular complexity index is 573. The molecule has 2 unspecified atom stereocenters. The normalized spacial score (nSPS) is 14.3. The summed E-state index contributed by atoms with van der Waals surface area (Å²) in [6.45, 7) is 6.68. The average Bonchev–Trinajstić information content (AvgIpc) is 2.81. The van der Waals surface area contributed by atoms with Gasteiger partial charge in [0.1, 0.15) is 0 Å². The van der Waals surface area contributed by atoms with Crippen LogP contribution in [-0.4, -0.2) is 19.7 Å². The maximum absolute atomic E-state index is 5.37. The average molecular weight is 276 g/mol. The topological polar surface area (TPSA) is 46.5 Å². The molecule has 0 aromatic carbocycles. The van der Waals surface area contributed by atoms with E-state index >= 15 is 0 Å². The van der Waals surface area contributed by atoms with Gasteiger partial charge in [0.2, 0.25) is 0 Å². The smallest absolute Gasteiger partial charge is 0.195 e. The molecule has 19 heavy (non-hydrogen) atoms. The van der Waals surface area contributed by atoms with Gasteiger partial charge in [-0.1, -0.05) is 20.3 Å². The number of nitrogens with zero attached hydrogens (tertiary/aromatic N) is 3. The van der Waals surface area contributed by atoms with Crippen molar-refractivity contribution < 1.29 is 0 Å². The maximum atomic E-state index is 5.37. The Kier molecular flexibility index (Phi) is 4.47. The van der Waals surface area contributed by atoms with Crippen LogP contribution in [0.3, 0.4) is 0 Å². The van der Waals surface area contributed by atoms with Gasteiger partial charge in [-0.25, -0.2) is 0 Å². The number of rotatable bonds is 5. The standard InChI is InChI=1S/C14H20N4S/c1-4-10(2)9-11(3)18-13(16-17-14(18)19)12-5-7-15-8-6-12/h5-8,10-11H,4,9H2,1-3H3,(H,17,19). The second-order valence-electron chi connectivity index (χ2n) is 5.06. The van der Waals surface area contributed by atoms with Crippen LogP contribution >= 0.6 is 12.2 Å². The molecule has 2 atom stereocenters. The third-order valence-corrected chi connectivity index (χ3v) is 3.81. The summed E-state index contributed by atoms with van der Waals surface area (Å²) in [5.74, 6) is 1.57. The zero-order chi connectivity index (χ0) is 13.8. The molecule has 0 aliphatic heterocycles. The van der Waals surface area contributed by atoms with Gasteiger partial charge in [-0.3, -0.25) is 14.6 Å². The molecular formula is C14H20N4S. The summed E-state index contributed by atoms with van der Waals surface area (Å²) in [6, 6.07) is 4.25. The van der Waals surface area contributed by atoms with Crippen molar-refractivity contribution in [2.75, 3.05) is 0 Å². The zero-order valence-corrected chi connectivity index (χ0v) is 12.4. The lowest BCUT2D eigenvalue weighted by Crippen LogP contribution is -2.11. The largest absolute Gasteiger partial charge is 0.297 e. The van der Waals surface area contributed by atoms with Gasteiger partial charge in [0.05, 0.1) is 0 Å². The van der Waals surface area contributed by atoms with Crippen molar-refractivity contribution >= 4 is 12.2 Å². The summed E-state index contributed by atoms with van der Waals surface area (Å²) in [5, 5.41) is 7.26. The quantitative estimate of drug-likeness (QED) is 0.840. The highest BCUT2D eigenvalue weighted by molar-refractivity contribution is 7.71. The maximum Gasteiger partial charge on any atom is 0.195 e. The Hall–Kier alpha value is -1.49. The Morgan fingerprint density at radius 3 is 2.63 bits per heavy atom. The van der Waals surface area contributed by atoms with E-state index in [1.807, 2.05) is 12.1 Å². The molecule has 1 N–H and O–H groups in total. The molecule has 5 heteroatoms. The van der Waals surface area contributed by atoms with Crippen LogP contribution in [0.15, 0.2) is 24.5 Å². The van der Waals surface area contributed by atoms with Crippen LogP contribution in [0.4, 0.5) is 0 Å². The molecule has 2 heterocycles. The molecule has 0 radical (unpaired) electrons. The van der Waals surface area contributed by atoms with Gasteiger partial charge >= 0.3 is 0 Å². The number of hydrogen-bond donors (Lipinski definition) is 1. The Morgan fingerprint density at radius 1 is 1.32 bits per heavy atom. The van der Waals surface area contributed by atoms with E-state index in [4.69, 9.17) is 12.2 Å². The fraction of sp³-hybridized carbons (Fsp3) is 0.500. The number of pyridine rings is 1. The lowest BCUT2D eigenvalue weighted by Gasteiger charge is -2.19. The van der Waals surface area contributed by atoms with Gasteiger partial charge in [0.25, 0.3) is 0 Å². The molecule has 2 aromatic rings. The summed E-state index contributed by atoms with van der Waals surface area (Å²) in [7, 11) is 0. The van der Waals surface area contributed by atoms with Gasteiger partial charge in [-0.15, -0.1) is 0 Å². The Balaban J connectivity index is 2.36. The first-order chi connectivity index (χ1) is 9.13. The van der Waals surface area contributed by atoms with Crippen LogP contribution in [0.2, 0.25) is 0 Å². The van der Waals surface area contributed by atoms with Gasteiger partial charge in [0, 0.05) is 24.0 Å². The molecule has 0 aliphatic rings. The van der Waals surface area contributed by atoms with Crippen molar-refractivity contribution in [3.05, 3.63) is 29.3 Å². The van der Waals surface area contributed by atoms with E-state index in [9.17, 15) is 0 Å². The summed E-state index contributed by atoms with van der Waals surface area (Å²) in [4.78, 5) is 4.04. The molecule has 0 saturated carbocycles. The summed E-state index contributed by atoms with van der Waals surface area (Å²) >= 11 is 5.37. The predicted octanol–water partition coefficient (Wildman–Crippen LogP) is 4.00. The Labute approximate surface area is 118 Å². The summed E-state index contributed by atoms with van der Waals surface area (Å²) in [5.41, 5.74) is 1.04. The van der Waals surface area contributed by atoms with Gasteiger partial charge in [-0.05, 0) is 43.6 Å². The lowest BCUT2D eigenvalue weighted by molar-refractivity contribution is 0.398. The molecule has 4 nitrogen and oxygen atoms in total. The van der Waals surface area contributed by atoms with Crippen LogP contribution in [0.25, 0.3) is 11.4 Å². The highest BCUT2D eigenvalue weighted by atomic mass is 32.1. The second kappa shape index (κ2) is 6.10. The van der Waals surface area contributed by atoms with E-state index in [-0.39, 0.29) is 0 Å². The van der Waals surface area contributed by atoms with Crippen LogP contribution in [0, 0.1) is 10.7 Å². The molecule has 0 aliphatic carbocycles. The zero-order valence-electron chi connectivity index (χ0n) is 11.6. The van der Waals surface area contributed by atoms with E-state index in [0.717, 1.165) is 17.8 Å². The fourth-order valence-corrected chi connectivity index (χ4v) is 2.58. The third-order valence-electron chi connectivity index (χ3n) is 3.52. The SMILES string of the molecule is CCC(C)CC(C)n1c(-c2ccncc2)n[nH]c1=S. The van der Waals surface area contributed by atoms with Crippen LogP contribution in [0.1, 0.15) is 39.7 Å². The van der Waals surface area contributed by atoms with Gasteiger partial charge in [0.15, 0.2) is 10.6 Å². The molecule has 0 bridgehead atoms. The minimum atomic E-state index is 0.337. The molecule has 0 spiro atoms. The first-order valence-corrected chi connectivity index (χ1v) is 7.11. The van der Waals surface area contributed by atoms with E-state index in [2.05, 4.69) is 40.5 Å². The minimum Gasteiger partial charge on any atom is -0.297 e. The number of hydrogen-bond acceptors (Lipinski definition) is 3. The van der Waals surface area contributed by atoms with E-state index in [1.54, 1.807) is 12.4 Å². The van der Waals surface area contributed by atoms with Crippen molar-refractivity contribution in [3.63, 3.8) is 0 Å². The lowest BCUT2D eigenvalue weighted by atomic mass is 10.00. The van der Waals surface area contributed by atoms with E-state index in [0.29, 0.717) is 16.7 Å². The van der Waals surface area contributed by atoms with Crippen LogP contribution < -0.4 is 0 Å². The van der Waals surface area contributed by atoms with Gasteiger partial charge in [-0.2, -0.15) is 5.10 Å². The molecule has 0 amide bonds. The van der Waals surface area contributed by atoms with E-state index < -0.39 is 0 Å². The van der Waals surface area contributed by atoms with Crippen molar-refractivity contribution in [1.29, 1.82) is 0 Å². The van der Waals surface area contributed by atoms with Crippen molar-refractivity contribution in [3.8, 4) is 11.4 Å². The molecule has 0 saturated heterocycles. The first kappa shape index (κ1) is 13.9.